The summed E-state index contributed by atoms with van der Waals surface area (Å²) < 4.78 is 10.3. The molecule has 0 unspecified atom stereocenters. The Morgan fingerprint density at radius 3 is 2.44 bits per heavy atom. The van der Waals surface area contributed by atoms with Gasteiger partial charge in [0.05, 0.1) is 12.7 Å². The maximum absolute atomic E-state index is 11.2. The van der Waals surface area contributed by atoms with Crippen LogP contribution < -0.4 is 5.73 Å². The van der Waals surface area contributed by atoms with Gasteiger partial charge in [0, 0.05) is 6.42 Å². The minimum Gasteiger partial charge on any atom is -0.463 e. The van der Waals surface area contributed by atoms with E-state index in [1.165, 1.54) is 0 Å². The third kappa shape index (κ3) is 11.5. The number of ether oxygens (including phenoxy) is 2. The molecule has 0 saturated carbocycles. The van der Waals surface area contributed by atoms with Gasteiger partial charge in [0.2, 0.25) is 0 Å². The molecule has 2 N–H and O–H groups in total. The predicted octanol–water partition coefficient (Wildman–Crippen LogP) is 1.86. The summed E-state index contributed by atoms with van der Waals surface area (Å²) in [5, 5.41) is 0. The molecule has 0 radical (unpaired) electrons. The molecule has 0 aromatic carbocycles. The topological polar surface area (TPSA) is 61.5 Å². The fourth-order valence-corrected chi connectivity index (χ4v) is 1.28. The molecule has 0 saturated heterocycles. The molecule has 0 atom stereocenters. The van der Waals surface area contributed by atoms with Gasteiger partial charge >= 0.3 is 5.97 Å². The highest BCUT2D eigenvalue weighted by Gasteiger charge is 2.02. The molecule has 0 aromatic rings. The van der Waals surface area contributed by atoms with Crippen molar-refractivity contribution in [2.24, 2.45) is 5.73 Å². The lowest BCUT2D eigenvalue weighted by atomic mass is 10.1. The van der Waals surface area contributed by atoms with Crippen molar-refractivity contribution in [1.29, 1.82) is 0 Å². The van der Waals surface area contributed by atoms with Crippen molar-refractivity contribution in [3.05, 3.63) is 0 Å². The average molecular weight is 231 g/mol. The first-order valence-electron chi connectivity index (χ1n) is 6.14. The Hall–Kier alpha value is -0.610. The molecule has 0 amide bonds. The van der Waals surface area contributed by atoms with Gasteiger partial charge in [-0.25, -0.2) is 0 Å². The van der Waals surface area contributed by atoms with Crippen LogP contribution in [-0.4, -0.2) is 31.8 Å². The minimum atomic E-state index is -0.125. The van der Waals surface area contributed by atoms with Crippen LogP contribution in [0.5, 0.6) is 0 Å². The van der Waals surface area contributed by atoms with Crippen LogP contribution in [0.25, 0.3) is 0 Å². The Morgan fingerprint density at radius 1 is 1.12 bits per heavy atom. The SMILES string of the molecule is CC(C)OCCOC(=O)CCCCCCN. The van der Waals surface area contributed by atoms with Gasteiger partial charge in [-0.2, -0.15) is 0 Å². The molecule has 0 rings (SSSR count). The van der Waals surface area contributed by atoms with E-state index in [0.29, 0.717) is 19.6 Å². The van der Waals surface area contributed by atoms with E-state index in [0.717, 1.165) is 32.2 Å². The summed E-state index contributed by atoms with van der Waals surface area (Å²) in [6.07, 6.45) is 4.78. The quantitative estimate of drug-likeness (QED) is 0.460. The normalized spacial score (nSPS) is 10.8. The number of esters is 1. The first-order chi connectivity index (χ1) is 7.66. The van der Waals surface area contributed by atoms with E-state index >= 15 is 0 Å². The van der Waals surface area contributed by atoms with Crippen molar-refractivity contribution in [1.82, 2.24) is 0 Å². The molecule has 0 spiro atoms. The highest BCUT2D eigenvalue weighted by Crippen LogP contribution is 2.03. The zero-order valence-corrected chi connectivity index (χ0v) is 10.5. The van der Waals surface area contributed by atoms with E-state index in [-0.39, 0.29) is 12.1 Å². The van der Waals surface area contributed by atoms with Crippen molar-refractivity contribution in [2.75, 3.05) is 19.8 Å². The Labute approximate surface area is 98.5 Å². The Kier molecular flexibility index (Phi) is 10.5. The lowest BCUT2D eigenvalue weighted by Gasteiger charge is -2.08. The number of nitrogens with two attached hydrogens (primary N) is 1. The first kappa shape index (κ1) is 15.4. The fourth-order valence-electron chi connectivity index (χ4n) is 1.28. The van der Waals surface area contributed by atoms with Crippen LogP contribution in [0.2, 0.25) is 0 Å². The summed E-state index contributed by atoms with van der Waals surface area (Å²) in [6, 6.07) is 0. The third-order valence-electron chi connectivity index (χ3n) is 2.13. The molecule has 4 nitrogen and oxygen atoms in total. The molecule has 0 aliphatic carbocycles. The summed E-state index contributed by atoms with van der Waals surface area (Å²) in [6.45, 7) is 5.49. The standard InChI is InChI=1S/C12H25NO3/c1-11(2)15-9-10-16-12(14)7-5-3-4-6-8-13/h11H,3-10,13H2,1-2H3. The second-order valence-electron chi connectivity index (χ2n) is 4.09. The van der Waals surface area contributed by atoms with Crippen molar-refractivity contribution in [3.63, 3.8) is 0 Å². The van der Waals surface area contributed by atoms with E-state index in [4.69, 9.17) is 15.2 Å². The number of carbonyl (C=O) groups is 1. The third-order valence-corrected chi connectivity index (χ3v) is 2.13. The lowest BCUT2D eigenvalue weighted by molar-refractivity contribution is -0.145. The second kappa shape index (κ2) is 10.9. The van der Waals surface area contributed by atoms with Crippen molar-refractivity contribution in [2.45, 2.75) is 52.1 Å². The maximum Gasteiger partial charge on any atom is 0.305 e. The number of hydrogen-bond donors (Lipinski definition) is 1. The van der Waals surface area contributed by atoms with Crippen LogP contribution in [0.1, 0.15) is 46.0 Å². The number of hydrogen-bond acceptors (Lipinski definition) is 4. The van der Waals surface area contributed by atoms with Gasteiger partial charge in [0.1, 0.15) is 6.61 Å². The fraction of sp³-hybridized carbons (Fsp3) is 0.917. The molecule has 0 aliphatic heterocycles. The van der Waals surface area contributed by atoms with Gasteiger partial charge in [-0.3, -0.25) is 4.79 Å². The molecule has 4 heteroatoms. The lowest BCUT2D eigenvalue weighted by Crippen LogP contribution is -2.13. The van der Waals surface area contributed by atoms with Crippen LogP contribution in [0, 0.1) is 0 Å². The minimum absolute atomic E-state index is 0.125. The predicted molar refractivity (Wildman–Crippen MR) is 64.2 cm³/mol. The Bertz CT molecular complexity index is 172. The van der Waals surface area contributed by atoms with E-state index < -0.39 is 0 Å². The zero-order valence-electron chi connectivity index (χ0n) is 10.5. The van der Waals surface area contributed by atoms with Crippen LogP contribution in [0.4, 0.5) is 0 Å². The number of unbranched alkanes of at least 4 members (excludes halogenated alkanes) is 3. The maximum atomic E-state index is 11.2. The molecule has 0 bridgehead atoms. The van der Waals surface area contributed by atoms with E-state index in [2.05, 4.69) is 0 Å². The highest BCUT2D eigenvalue weighted by atomic mass is 16.6. The zero-order chi connectivity index (χ0) is 12.2. The van der Waals surface area contributed by atoms with Gasteiger partial charge in [-0.05, 0) is 33.2 Å². The molecule has 0 fully saturated rings. The van der Waals surface area contributed by atoms with E-state index in [1.807, 2.05) is 13.8 Å². The van der Waals surface area contributed by atoms with Crippen molar-refractivity contribution >= 4 is 5.97 Å². The monoisotopic (exact) mass is 231 g/mol. The van der Waals surface area contributed by atoms with Crippen molar-refractivity contribution in [3.8, 4) is 0 Å². The van der Waals surface area contributed by atoms with Crippen LogP contribution in [-0.2, 0) is 14.3 Å². The molecule has 0 heterocycles. The van der Waals surface area contributed by atoms with Crippen LogP contribution in [0.15, 0.2) is 0 Å². The molecule has 0 aliphatic rings. The molecule has 0 aromatic heterocycles. The molecule has 16 heavy (non-hydrogen) atoms. The highest BCUT2D eigenvalue weighted by molar-refractivity contribution is 5.69. The molecular weight excluding hydrogens is 206 g/mol. The van der Waals surface area contributed by atoms with Crippen molar-refractivity contribution < 1.29 is 14.3 Å². The summed E-state index contributed by atoms with van der Waals surface area (Å²) in [4.78, 5) is 11.2. The van der Waals surface area contributed by atoms with Gasteiger partial charge < -0.3 is 15.2 Å². The number of rotatable bonds is 10. The van der Waals surface area contributed by atoms with Gasteiger partial charge in [0.25, 0.3) is 0 Å². The summed E-state index contributed by atoms with van der Waals surface area (Å²) in [7, 11) is 0. The van der Waals surface area contributed by atoms with Crippen LogP contribution in [0.3, 0.4) is 0 Å². The summed E-state index contributed by atoms with van der Waals surface area (Å²) in [5.41, 5.74) is 5.37. The number of carbonyl (C=O) groups excluding carboxylic acids is 1. The van der Waals surface area contributed by atoms with Gasteiger partial charge in [-0.1, -0.05) is 12.8 Å². The Balaban J connectivity index is 3.18. The largest absolute Gasteiger partial charge is 0.463 e. The van der Waals surface area contributed by atoms with Gasteiger partial charge in [-0.15, -0.1) is 0 Å². The van der Waals surface area contributed by atoms with Crippen LogP contribution >= 0.6 is 0 Å². The summed E-state index contributed by atoms with van der Waals surface area (Å²) >= 11 is 0. The van der Waals surface area contributed by atoms with E-state index in [9.17, 15) is 4.79 Å². The van der Waals surface area contributed by atoms with E-state index in [1.54, 1.807) is 0 Å². The molecular formula is C12H25NO3. The van der Waals surface area contributed by atoms with Gasteiger partial charge in [0.15, 0.2) is 0 Å². The smallest absolute Gasteiger partial charge is 0.305 e. The first-order valence-corrected chi connectivity index (χ1v) is 6.14. The second-order valence-corrected chi connectivity index (χ2v) is 4.09. The Morgan fingerprint density at radius 2 is 1.81 bits per heavy atom. The molecule has 96 valence electrons. The average Bonchev–Trinajstić information content (AvgIpc) is 2.24. The summed E-state index contributed by atoms with van der Waals surface area (Å²) in [5.74, 6) is -0.125.